The number of amides is 1. The number of anilines is 1. The fourth-order valence-corrected chi connectivity index (χ4v) is 5.01. The van der Waals surface area contributed by atoms with E-state index in [1.165, 1.54) is 24.3 Å². The third kappa shape index (κ3) is 6.74. The quantitative estimate of drug-likeness (QED) is 0.642. The number of hydrogen-bond acceptors (Lipinski definition) is 5. The summed E-state index contributed by atoms with van der Waals surface area (Å²) in [5, 5.41) is 2.48. The molecule has 2 rings (SSSR count). The topological polar surface area (TPSA) is 109 Å². The zero-order valence-electron chi connectivity index (χ0n) is 15.8. The first kappa shape index (κ1) is 22.1. The highest BCUT2D eigenvalue weighted by atomic mass is 32.2. The molecule has 0 saturated carbocycles. The van der Waals surface area contributed by atoms with E-state index in [2.05, 4.69) is 10.0 Å². The molecule has 7 nitrogen and oxygen atoms in total. The van der Waals surface area contributed by atoms with Crippen molar-refractivity contribution in [2.75, 3.05) is 11.1 Å². The maximum atomic E-state index is 12.2. The Morgan fingerprint density at radius 1 is 0.964 bits per heavy atom. The lowest BCUT2D eigenvalue weighted by molar-refractivity contribution is -0.113. The molecule has 0 unspecified atom stereocenters. The third-order valence-corrected chi connectivity index (χ3v) is 7.08. The van der Waals surface area contributed by atoms with E-state index in [0.717, 1.165) is 0 Å². The molecule has 0 heterocycles. The molecular formula is C19H24N2O5S2. The van der Waals surface area contributed by atoms with E-state index in [1.807, 2.05) is 6.92 Å². The standard InChI is InChI=1S/C19H24N2O5S2/c1-3-15(2)21-28(25,26)18-11-9-17(10-12-18)20-19(22)14-27(23,24)13-16-7-5-4-6-8-16/h4-12,15,21H,3,13-14H2,1-2H3,(H,20,22)/t15-/m1/s1. The minimum Gasteiger partial charge on any atom is -0.325 e. The molecule has 28 heavy (non-hydrogen) atoms. The Morgan fingerprint density at radius 2 is 1.57 bits per heavy atom. The summed E-state index contributed by atoms with van der Waals surface area (Å²) < 4.78 is 51.3. The Kier molecular flexibility index (Phi) is 7.34. The van der Waals surface area contributed by atoms with Crippen LogP contribution in [0.15, 0.2) is 59.5 Å². The molecule has 0 aromatic heterocycles. The molecule has 1 amide bonds. The Balaban J connectivity index is 1.99. The lowest BCUT2D eigenvalue weighted by Crippen LogP contribution is -2.32. The van der Waals surface area contributed by atoms with E-state index >= 15 is 0 Å². The second-order valence-corrected chi connectivity index (χ2v) is 10.3. The van der Waals surface area contributed by atoms with Gasteiger partial charge in [-0.2, -0.15) is 0 Å². The zero-order chi connectivity index (χ0) is 20.8. The van der Waals surface area contributed by atoms with Crippen molar-refractivity contribution in [1.82, 2.24) is 4.72 Å². The monoisotopic (exact) mass is 424 g/mol. The number of sulfonamides is 1. The average Bonchev–Trinajstić information content (AvgIpc) is 2.61. The molecule has 0 aliphatic rings. The van der Waals surface area contributed by atoms with Crippen molar-refractivity contribution in [2.24, 2.45) is 0 Å². The first-order valence-electron chi connectivity index (χ1n) is 8.78. The number of benzene rings is 2. The van der Waals surface area contributed by atoms with Crippen LogP contribution in [0.1, 0.15) is 25.8 Å². The molecular weight excluding hydrogens is 400 g/mol. The first-order chi connectivity index (χ1) is 13.1. The minimum atomic E-state index is -3.64. The summed E-state index contributed by atoms with van der Waals surface area (Å²) in [5.74, 6) is -1.55. The van der Waals surface area contributed by atoms with Gasteiger partial charge in [-0.15, -0.1) is 0 Å². The van der Waals surface area contributed by atoms with Gasteiger partial charge in [0.05, 0.1) is 10.6 Å². The fraction of sp³-hybridized carbons (Fsp3) is 0.316. The van der Waals surface area contributed by atoms with Crippen molar-refractivity contribution in [1.29, 1.82) is 0 Å². The second-order valence-electron chi connectivity index (χ2n) is 6.52. The number of rotatable bonds is 9. The smallest absolute Gasteiger partial charge is 0.240 e. The van der Waals surface area contributed by atoms with Crippen LogP contribution in [0, 0.1) is 0 Å². The number of carbonyl (C=O) groups is 1. The summed E-state index contributed by atoms with van der Waals surface area (Å²) in [6.45, 7) is 3.64. The fourth-order valence-electron chi connectivity index (χ4n) is 2.41. The van der Waals surface area contributed by atoms with E-state index in [0.29, 0.717) is 17.7 Å². The lowest BCUT2D eigenvalue weighted by Gasteiger charge is -2.12. The molecule has 0 spiro atoms. The van der Waals surface area contributed by atoms with Gasteiger partial charge in [0.1, 0.15) is 5.75 Å². The highest BCUT2D eigenvalue weighted by molar-refractivity contribution is 7.91. The van der Waals surface area contributed by atoms with Crippen LogP contribution in [-0.2, 0) is 30.4 Å². The van der Waals surface area contributed by atoms with Crippen LogP contribution in [0.5, 0.6) is 0 Å². The predicted octanol–water partition coefficient (Wildman–Crippen LogP) is 2.32. The van der Waals surface area contributed by atoms with Gasteiger partial charge in [-0.05, 0) is 43.2 Å². The molecule has 0 radical (unpaired) electrons. The van der Waals surface area contributed by atoms with Crippen molar-refractivity contribution in [3.8, 4) is 0 Å². The van der Waals surface area contributed by atoms with Gasteiger partial charge in [-0.1, -0.05) is 37.3 Å². The highest BCUT2D eigenvalue weighted by Crippen LogP contribution is 2.15. The maximum Gasteiger partial charge on any atom is 0.240 e. The summed E-state index contributed by atoms with van der Waals surface area (Å²) >= 11 is 0. The van der Waals surface area contributed by atoms with Crippen molar-refractivity contribution in [3.63, 3.8) is 0 Å². The summed E-state index contributed by atoms with van der Waals surface area (Å²) in [4.78, 5) is 12.1. The van der Waals surface area contributed by atoms with Crippen molar-refractivity contribution in [3.05, 3.63) is 60.2 Å². The maximum absolute atomic E-state index is 12.2. The Hall–Kier alpha value is -2.23. The molecule has 0 bridgehead atoms. The largest absolute Gasteiger partial charge is 0.325 e. The van der Waals surface area contributed by atoms with Crippen molar-refractivity contribution < 1.29 is 21.6 Å². The van der Waals surface area contributed by atoms with Gasteiger partial charge in [0.25, 0.3) is 0 Å². The van der Waals surface area contributed by atoms with Crippen LogP contribution in [0.2, 0.25) is 0 Å². The summed E-state index contributed by atoms with van der Waals surface area (Å²) in [5.41, 5.74) is 0.932. The van der Waals surface area contributed by atoms with Gasteiger partial charge in [0, 0.05) is 11.7 Å². The van der Waals surface area contributed by atoms with Crippen LogP contribution >= 0.6 is 0 Å². The molecule has 2 aromatic carbocycles. The molecule has 0 aliphatic carbocycles. The normalized spacial score (nSPS) is 13.1. The van der Waals surface area contributed by atoms with E-state index in [1.54, 1.807) is 37.3 Å². The number of nitrogens with one attached hydrogen (secondary N) is 2. The van der Waals surface area contributed by atoms with Crippen LogP contribution in [0.25, 0.3) is 0 Å². The summed E-state index contributed by atoms with van der Waals surface area (Å²) in [7, 11) is -7.26. The average molecular weight is 425 g/mol. The zero-order valence-corrected chi connectivity index (χ0v) is 17.4. The van der Waals surface area contributed by atoms with Gasteiger partial charge < -0.3 is 5.32 Å². The van der Waals surface area contributed by atoms with Crippen LogP contribution in [0.4, 0.5) is 5.69 Å². The van der Waals surface area contributed by atoms with Crippen LogP contribution in [0.3, 0.4) is 0 Å². The minimum absolute atomic E-state index is 0.0718. The SMILES string of the molecule is CC[C@@H](C)NS(=O)(=O)c1ccc(NC(=O)CS(=O)(=O)Cc2ccccc2)cc1. The third-order valence-electron chi connectivity index (χ3n) is 4.00. The first-order valence-corrected chi connectivity index (χ1v) is 12.1. The second kappa shape index (κ2) is 9.31. The number of hydrogen-bond donors (Lipinski definition) is 2. The molecule has 2 aromatic rings. The summed E-state index contributed by atoms with van der Waals surface area (Å²) in [6, 6.07) is 14.0. The molecule has 0 aliphatic heterocycles. The van der Waals surface area contributed by atoms with Gasteiger partial charge in [0.2, 0.25) is 15.9 Å². The van der Waals surface area contributed by atoms with E-state index < -0.39 is 31.5 Å². The Morgan fingerprint density at radius 3 is 2.14 bits per heavy atom. The predicted molar refractivity (Wildman–Crippen MR) is 109 cm³/mol. The van der Waals surface area contributed by atoms with Crippen molar-refractivity contribution >= 4 is 31.5 Å². The van der Waals surface area contributed by atoms with Crippen molar-refractivity contribution in [2.45, 2.75) is 37.0 Å². The molecule has 2 N–H and O–H groups in total. The van der Waals surface area contributed by atoms with Crippen LogP contribution < -0.4 is 10.0 Å². The van der Waals surface area contributed by atoms with Gasteiger partial charge in [0.15, 0.2) is 9.84 Å². The van der Waals surface area contributed by atoms with Gasteiger partial charge in [-0.3, -0.25) is 4.79 Å². The van der Waals surface area contributed by atoms with E-state index in [-0.39, 0.29) is 16.7 Å². The summed E-state index contributed by atoms with van der Waals surface area (Å²) in [6.07, 6.45) is 0.658. The number of sulfone groups is 1. The number of carbonyl (C=O) groups excluding carboxylic acids is 1. The Bertz CT molecular complexity index is 1000. The Labute approximate surface area is 166 Å². The molecule has 0 saturated heterocycles. The van der Waals surface area contributed by atoms with Gasteiger partial charge in [-0.25, -0.2) is 21.6 Å². The van der Waals surface area contributed by atoms with Crippen LogP contribution in [-0.4, -0.2) is 34.5 Å². The molecule has 0 fully saturated rings. The molecule has 9 heteroatoms. The van der Waals surface area contributed by atoms with Gasteiger partial charge >= 0.3 is 0 Å². The molecule has 1 atom stereocenters. The molecule has 152 valence electrons. The lowest BCUT2D eigenvalue weighted by atomic mass is 10.2. The van der Waals surface area contributed by atoms with E-state index in [9.17, 15) is 21.6 Å². The van der Waals surface area contributed by atoms with E-state index in [4.69, 9.17) is 0 Å². The highest BCUT2D eigenvalue weighted by Gasteiger charge is 2.19.